The Kier molecular flexibility index (Phi) is 5.24. The third-order valence-corrected chi connectivity index (χ3v) is 2.97. The maximum Gasteiger partial charge on any atom is 0.404 e. The molecule has 0 aliphatic heterocycles. The Morgan fingerprint density at radius 3 is 2.67 bits per heavy atom. The lowest BCUT2D eigenvalue weighted by molar-refractivity contribution is 0.0564. The minimum atomic E-state index is -0.905. The summed E-state index contributed by atoms with van der Waals surface area (Å²) in [6.07, 6.45) is 1.47. The average Bonchev–Trinajstić information content (AvgIpc) is 2.89. The molecule has 7 nitrogen and oxygen atoms in total. The SMILES string of the molecule is NC(=O)OC(COc1ccc(Cl)cc1Cl)Cn1nccn1. The number of aromatic nitrogens is 3. The van der Waals surface area contributed by atoms with E-state index in [1.807, 2.05) is 0 Å². The smallest absolute Gasteiger partial charge is 0.404 e. The number of ether oxygens (including phenoxy) is 2. The van der Waals surface area contributed by atoms with E-state index >= 15 is 0 Å². The number of hydrogen-bond acceptors (Lipinski definition) is 5. The van der Waals surface area contributed by atoms with E-state index in [-0.39, 0.29) is 13.2 Å². The van der Waals surface area contributed by atoms with E-state index in [1.54, 1.807) is 18.2 Å². The largest absolute Gasteiger partial charge is 0.488 e. The monoisotopic (exact) mass is 330 g/mol. The molecule has 1 atom stereocenters. The first-order valence-corrected chi connectivity index (χ1v) is 6.68. The molecule has 1 aromatic carbocycles. The summed E-state index contributed by atoms with van der Waals surface area (Å²) in [5, 5.41) is 8.70. The van der Waals surface area contributed by atoms with E-state index in [9.17, 15) is 4.79 Å². The second-order valence-electron chi connectivity index (χ2n) is 4.03. The van der Waals surface area contributed by atoms with Crippen LogP contribution in [0.15, 0.2) is 30.6 Å². The van der Waals surface area contributed by atoms with E-state index in [1.165, 1.54) is 17.2 Å². The van der Waals surface area contributed by atoms with Crippen LogP contribution >= 0.6 is 23.2 Å². The molecule has 1 amide bonds. The number of primary amides is 1. The Morgan fingerprint density at radius 1 is 1.33 bits per heavy atom. The topological polar surface area (TPSA) is 92.3 Å². The number of hydrogen-bond donors (Lipinski definition) is 1. The van der Waals surface area contributed by atoms with Crippen molar-refractivity contribution >= 4 is 29.3 Å². The van der Waals surface area contributed by atoms with Crippen LogP contribution in [0.1, 0.15) is 0 Å². The van der Waals surface area contributed by atoms with Gasteiger partial charge in [0.2, 0.25) is 0 Å². The summed E-state index contributed by atoms with van der Waals surface area (Å²) < 4.78 is 10.5. The fraction of sp³-hybridized carbons (Fsp3) is 0.250. The zero-order valence-electron chi connectivity index (χ0n) is 10.8. The van der Waals surface area contributed by atoms with Crippen LogP contribution in [0.2, 0.25) is 10.0 Å². The second kappa shape index (κ2) is 7.14. The Hall–Kier alpha value is -1.99. The molecule has 2 rings (SSSR count). The molecule has 21 heavy (non-hydrogen) atoms. The minimum absolute atomic E-state index is 0.0475. The Morgan fingerprint density at radius 2 is 2.05 bits per heavy atom. The number of rotatable bonds is 6. The van der Waals surface area contributed by atoms with Crippen molar-refractivity contribution in [3.63, 3.8) is 0 Å². The lowest BCUT2D eigenvalue weighted by Crippen LogP contribution is -2.32. The summed E-state index contributed by atoms with van der Waals surface area (Å²) in [5.41, 5.74) is 5.03. The molecule has 0 fully saturated rings. The van der Waals surface area contributed by atoms with Gasteiger partial charge in [-0.3, -0.25) is 0 Å². The molecule has 1 aromatic heterocycles. The van der Waals surface area contributed by atoms with Gasteiger partial charge in [-0.1, -0.05) is 23.2 Å². The highest BCUT2D eigenvalue weighted by Crippen LogP contribution is 2.27. The van der Waals surface area contributed by atoms with Crippen molar-refractivity contribution in [3.05, 3.63) is 40.6 Å². The third kappa shape index (κ3) is 4.80. The number of carbonyl (C=O) groups is 1. The second-order valence-corrected chi connectivity index (χ2v) is 4.87. The predicted molar refractivity (Wildman–Crippen MR) is 76.4 cm³/mol. The van der Waals surface area contributed by atoms with Crippen LogP contribution in [0.4, 0.5) is 4.79 Å². The highest BCUT2D eigenvalue weighted by atomic mass is 35.5. The Bertz CT molecular complexity index is 607. The van der Waals surface area contributed by atoms with Gasteiger partial charge in [0.1, 0.15) is 18.9 Å². The molecule has 0 aliphatic rings. The summed E-state index contributed by atoms with van der Waals surface area (Å²) in [4.78, 5) is 12.3. The number of nitrogens with two attached hydrogens (primary N) is 1. The molecule has 0 radical (unpaired) electrons. The van der Waals surface area contributed by atoms with Gasteiger partial charge in [-0.15, -0.1) is 0 Å². The summed E-state index contributed by atoms with van der Waals surface area (Å²) in [6.45, 7) is 0.257. The highest BCUT2D eigenvalue weighted by Gasteiger charge is 2.16. The van der Waals surface area contributed by atoms with Crippen LogP contribution < -0.4 is 10.5 Å². The van der Waals surface area contributed by atoms with Gasteiger partial charge in [-0.25, -0.2) is 4.79 Å². The molecule has 9 heteroatoms. The van der Waals surface area contributed by atoms with Gasteiger partial charge in [0.25, 0.3) is 0 Å². The van der Waals surface area contributed by atoms with Crippen molar-refractivity contribution in [2.45, 2.75) is 12.6 Å². The van der Waals surface area contributed by atoms with Gasteiger partial charge < -0.3 is 15.2 Å². The van der Waals surface area contributed by atoms with Crippen LogP contribution in [-0.4, -0.2) is 33.8 Å². The Balaban J connectivity index is 1.99. The average molecular weight is 331 g/mol. The fourth-order valence-electron chi connectivity index (χ4n) is 1.58. The standard InChI is InChI=1S/C12H12Cl2N4O3/c13-8-1-2-11(10(14)5-8)20-7-9(21-12(15)19)6-18-16-3-4-17-18/h1-5,9H,6-7H2,(H2,15,19). The molecule has 2 N–H and O–H groups in total. The van der Waals surface area contributed by atoms with E-state index in [4.69, 9.17) is 38.4 Å². The summed E-state index contributed by atoms with van der Waals surface area (Å²) in [5.74, 6) is 0.424. The molecule has 0 bridgehead atoms. The van der Waals surface area contributed by atoms with Crippen molar-refractivity contribution in [2.75, 3.05) is 6.61 Å². The first kappa shape index (κ1) is 15.4. The minimum Gasteiger partial charge on any atom is -0.488 e. The van der Waals surface area contributed by atoms with Crippen LogP contribution in [0.3, 0.4) is 0 Å². The van der Waals surface area contributed by atoms with Crippen LogP contribution in [0, 0.1) is 0 Å². The number of benzene rings is 1. The zero-order chi connectivity index (χ0) is 15.2. The molecule has 0 spiro atoms. The third-order valence-electron chi connectivity index (χ3n) is 2.43. The molecular weight excluding hydrogens is 319 g/mol. The van der Waals surface area contributed by atoms with Gasteiger partial charge in [0.05, 0.1) is 17.4 Å². The molecule has 0 saturated carbocycles. The van der Waals surface area contributed by atoms with Gasteiger partial charge in [-0.05, 0) is 18.2 Å². The maximum absolute atomic E-state index is 10.9. The molecule has 112 valence electrons. The van der Waals surface area contributed by atoms with Crippen molar-refractivity contribution in [3.8, 4) is 5.75 Å². The molecule has 2 aromatic rings. The number of halogens is 2. The van der Waals surface area contributed by atoms with Crippen LogP contribution in [-0.2, 0) is 11.3 Å². The molecule has 1 unspecified atom stereocenters. The fourth-order valence-corrected chi connectivity index (χ4v) is 2.05. The number of amides is 1. The van der Waals surface area contributed by atoms with E-state index < -0.39 is 12.2 Å². The van der Waals surface area contributed by atoms with Crippen LogP contribution in [0.5, 0.6) is 5.75 Å². The number of nitrogens with zero attached hydrogens (tertiary/aromatic N) is 3. The quantitative estimate of drug-likeness (QED) is 0.875. The number of carbonyl (C=O) groups excluding carboxylic acids is 1. The van der Waals surface area contributed by atoms with E-state index in [2.05, 4.69) is 10.2 Å². The lowest BCUT2D eigenvalue weighted by atomic mass is 10.3. The summed E-state index contributed by atoms with van der Waals surface area (Å²) in [7, 11) is 0. The maximum atomic E-state index is 10.9. The molecule has 0 saturated heterocycles. The zero-order valence-corrected chi connectivity index (χ0v) is 12.3. The first-order chi connectivity index (χ1) is 10.0. The van der Waals surface area contributed by atoms with Gasteiger partial charge >= 0.3 is 6.09 Å². The first-order valence-electron chi connectivity index (χ1n) is 5.92. The molecule has 0 aliphatic carbocycles. The molecular formula is C12H12Cl2N4O3. The van der Waals surface area contributed by atoms with Crippen molar-refractivity contribution in [1.82, 2.24) is 15.0 Å². The summed E-state index contributed by atoms with van der Waals surface area (Å²) in [6, 6.07) is 4.82. The lowest BCUT2D eigenvalue weighted by Gasteiger charge is -2.17. The predicted octanol–water partition coefficient (Wildman–Crippen LogP) is 2.13. The van der Waals surface area contributed by atoms with Crippen molar-refractivity contribution < 1.29 is 14.3 Å². The molecule has 1 heterocycles. The van der Waals surface area contributed by atoms with E-state index in [0.29, 0.717) is 15.8 Å². The summed E-state index contributed by atoms with van der Waals surface area (Å²) >= 11 is 11.8. The van der Waals surface area contributed by atoms with Gasteiger partial charge in [-0.2, -0.15) is 15.0 Å². The van der Waals surface area contributed by atoms with Gasteiger partial charge in [0, 0.05) is 5.02 Å². The van der Waals surface area contributed by atoms with Crippen LogP contribution in [0.25, 0.3) is 0 Å². The van der Waals surface area contributed by atoms with Crippen molar-refractivity contribution in [1.29, 1.82) is 0 Å². The normalized spacial score (nSPS) is 11.9. The Labute approximate surface area is 130 Å². The highest BCUT2D eigenvalue weighted by molar-refractivity contribution is 6.35. The van der Waals surface area contributed by atoms with Crippen molar-refractivity contribution in [2.24, 2.45) is 5.73 Å². The van der Waals surface area contributed by atoms with E-state index in [0.717, 1.165) is 0 Å². The van der Waals surface area contributed by atoms with Gasteiger partial charge in [0.15, 0.2) is 6.10 Å².